The number of rotatable bonds is 0. The van der Waals surface area contributed by atoms with Crippen molar-refractivity contribution in [2.75, 3.05) is 0 Å². The van der Waals surface area contributed by atoms with Crippen LogP contribution in [0, 0.1) is 0 Å². The van der Waals surface area contributed by atoms with Crippen molar-refractivity contribution >= 4 is 83.4 Å². The van der Waals surface area contributed by atoms with Crippen molar-refractivity contribution in [2.45, 2.75) is 23.5 Å². The summed E-state index contributed by atoms with van der Waals surface area (Å²) in [7, 11) is 0. The number of thioether (sulfide) groups is 2. The molecular formula is C10H8S2Se4. The first kappa shape index (κ1) is 11.8. The molecule has 0 unspecified atom stereocenters. The molecule has 0 bridgehead atoms. The van der Waals surface area contributed by atoms with Crippen molar-refractivity contribution in [2.24, 2.45) is 0 Å². The monoisotopic (exact) mass is 512 g/mol. The van der Waals surface area contributed by atoms with Gasteiger partial charge in [-0.15, -0.1) is 0 Å². The Balaban J connectivity index is 1.56. The van der Waals surface area contributed by atoms with Gasteiger partial charge in [-0.25, -0.2) is 0 Å². The molecule has 0 saturated carbocycles. The molecule has 4 aliphatic heterocycles. The Hall–Kier alpha value is 2.00. The van der Waals surface area contributed by atoms with Gasteiger partial charge < -0.3 is 0 Å². The molecule has 0 spiro atoms. The first-order valence-electron chi connectivity index (χ1n) is 5.08. The van der Waals surface area contributed by atoms with Crippen LogP contribution >= 0.6 is 23.5 Å². The van der Waals surface area contributed by atoms with E-state index in [-0.39, 0.29) is 0 Å². The van der Waals surface area contributed by atoms with E-state index < -0.39 is 0 Å². The van der Waals surface area contributed by atoms with Crippen LogP contribution in [0.1, 0.15) is 12.8 Å². The number of hydrogen-bond acceptors (Lipinski definition) is 2. The predicted octanol–water partition coefficient (Wildman–Crippen LogP) is 2.41. The summed E-state index contributed by atoms with van der Waals surface area (Å²) in [4.78, 5) is 0. The Morgan fingerprint density at radius 3 is 1.62 bits per heavy atom. The Bertz CT molecular complexity index is 385. The van der Waals surface area contributed by atoms with Gasteiger partial charge in [0.05, 0.1) is 0 Å². The van der Waals surface area contributed by atoms with Crippen molar-refractivity contribution in [3.63, 3.8) is 0 Å². The Labute approximate surface area is 129 Å². The zero-order valence-corrected chi connectivity index (χ0v) is 16.8. The molecule has 0 atom stereocenters. The number of hydrogen-bond donors (Lipinski definition) is 0. The molecule has 4 aliphatic rings. The van der Waals surface area contributed by atoms with E-state index in [0.717, 1.165) is 59.8 Å². The van der Waals surface area contributed by atoms with Gasteiger partial charge in [0, 0.05) is 0 Å². The van der Waals surface area contributed by atoms with Gasteiger partial charge in [-0.2, -0.15) is 0 Å². The minimum absolute atomic E-state index is 0.759. The van der Waals surface area contributed by atoms with Crippen LogP contribution in [0.25, 0.3) is 0 Å². The molecule has 0 saturated heterocycles. The van der Waals surface area contributed by atoms with Crippen LogP contribution in [0.2, 0.25) is 10.6 Å². The fraction of sp³-hybridized carbons (Fsp3) is 0.400. The average molecular weight is 508 g/mol. The van der Waals surface area contributed by atoms with E-state index in [0.29, 0.717) is 0 Å². The van der Waals surface area contributed by atoms with E-state index in [1.165, 1.54) is 23.5 Å². The zero-order chi connectivity index (χ0) is 10.5. The molecule has 4 rings (SSSR count). The predicted molar refractivity (Wildman–Crippen MR) is 78.1 cm³/mol. The van der Waals surface area contributed by atoms with Gasteiger partial charge in [0.1, 0.15) is 0 Å². The van der Waals surface area contributed by atoms with Crippen LogP contribution in [0.5, 0.6) is 0 Å². The van der Waals surface area contributed by atoms with E-state index in [1.54, 1.807) is 0 Å². The van der Waals surface area contributed by atoms with Crippen molar-refractivity contribution in [3.8, 4) is 0 Å². The molecule has 0 aromatic rings. The van der Waals surface area contributed by atoms with E-state index in [2.05, 4.69) is 23.5 Å². The molecule has 0 fully saturated rings. The van der Waals surface area contributed by atoms with Gasteiger partial charge in [-0.1, -0.05) is 0 Å². The molecule has 0 aromatic carbocycles. The van der Waals surface area contributed by atoms with Crippen LogP contribution < -0.4 is 0 Å². The van der Waals surface area contributed by atoms with Gasteiger partial charge >= 0.3 is 131 Å². The molecule has 0 amide bonds. The van der Waals surface area contributed by atoms with Crippen molar-refractivity contribution < 1.29 is 0 Å². The second kappa shape index (κ2) is 4.83. The fourth-order valence-corrected chi connectivity index (χ4v) is 22.1. The maximum absolute atomic E-state index is 2.21. The van der Waals surface area contributed by atoms with Crippen molar-refractivity contribution in [3.05, 3.63) is 24.2 Å². The fourth-order valence-electron chi connectivity index (χ4n) is 1.80. The molecule has 4 heterocycles. The third kappa shape index (κ3) is 2.04. The second-order valence-corrected chi connectivity index (χ2v) is 17.3. The SMILES string of the molecule is C1CC2=C(S/C(=C3/SC4=C(CC[Se]4)[Se]3)[Se]2)[Se]1. The molecule has 0 nitrogen and oxygen atoms in total. The van der Waals surface area contributed by atoms with Crippen LogP contribution in [-0.2, 0) is 0 Å². The maximum atomic E-state index is 2.21. The summed E-state index contributed by atoms with van der Waals surface area (Å²) in [6.07, 6.45) is 2.90. The van der Waals surface area contributed by atoms with Gasteiger partial charge in [0.2, 0.25) is 0 Å². The molecule has 0 aliphatic carbocycles. The first-order valence-corrected chi connectivity index (χ1v) is 14.3. The van der Waals surface area contributed by atoms with Crippen LogP contribution in [0.4, 0.5) is 0 Å². The molecule has 0 aromatic heterocycles. The van der Waals surface area contributed by atoms with Crippen LogP contribution in [0.15, 0.2) is 24.2 Å². The zero-order valence-electron chi connectivity index (χ0n) is 8.28. The Kier molecular flexibility index (Phi) is 3.56. The van der Waals surface area contributed by atoms with Crippen LogP contribution in [0.3, 0.4) is 0 Å². The van der Waals surface area contributed by atoms with E-state index >= 15 is 0 Å². The van der Waals surface area contributed by atoms with Crippen molar-refractivity contribution in [1.29, 1.82) is 0 Å². The Morgan fingerprint density at radius 2 is 1.19 bits per heavy atom. The van der Waals surface area contributed by atoms with Gasteiger partial charge in [0.25, 0.3) is 0 Å². The summed E-state index contributed by atoms with van der Waals surface area (Å²) in [6.45, 7) is 0. The van der Waals surface area contributed by atoms with E-state index in [1.807, 2.05) is 24.2 Å². The summed E-state index contributed by atoms with van der Waals surface area (Å²) in [5.41, 5.74) is 0. The Morgan fingerprint density at radius 1 is 0.688 bits per heavy atom. The summed E-state index contributed by atoms with van der Waals surface area (Å²) in [6, 6.07) is 0. The van der Waals surface area contributed by atoms with Gasteiger partial charge in [0.15, 0.2) is 0 Å². The summed E-state index contributed by atoms with van der Waals surface area (Å²) >= 11 is 7.66. The van der Waals surface area contributed by atoms with Crippen LogP contribution in [-0.4, -0.2) is 59.8 Å². The molecule has 0 radical (unpaired) electrons. The van der Waals surface area contributed by atoms with E-state index in [4.69, 9.17) is 0 Å². The topological polar surface area (TPSA) is 0 Å². The molecule has 0 N–H and O–H groups in total. The average Bonchev–Trinajstić information content (AvgIpc) is 2.94. The third-order valence-corrected chi connectivity index (χ3v) is 19.9. The molecule has 16 heavy (non-hydrogen) atoms. The van der Waals surface area contributed by atoms with Gasteiger partial charge in [-0.3, -0.25) is 0 Å². The second-order valence-electron chi connectivity index (χ2n) is 3.60. The molecular weight excluding hydrogens is 500 g/mol. The standard InChI is InChI=1S/C10H8S2Se4/c1-3-13-7-5(1)15-9(11-7)10-12-8-6(16-10)2-4-14-8/h1-4H2/b10-9+. The molecule has 84 valence electrons. The summed E-state index contributed by atoms with van der Waals surface area (Å²) in [5, 5.41) is 3.01. The van der Waals surface area contributed by atoms with Crippen molar-refractivity contribution in [1.82, 2.24) is 0 Å². The first-order chi connectivity index (χ1) is 7.90. The van der Waals surface area contributed by atoms with E-state index in [9.17, 15) is 0 Å². The quantitative estimate of drug-likeness (QED) is 0.462. The normalized spacial score (nSPS) is 33.0. The van der Waals surface area contributed by atoms with Gasteiger partial charge in [-0.05, 0) is 0 Å². The summed E-state index contributed by atoms with van der Waals surface area (Å²) < 4.78 is 11.1. The minimum atomic E-state index is 0.759. The third-order valence-electron chi connectivity index (χ3n) is 2.55. The molecule has 6 heteroatoms. The summed E-state index contributed by atoms with van der Waals surface area (Å²) in [5.74, 6) is 0. The number of allylic oxidation sites excluding steroid dienone is 2.